The van der Waals surface area contributed by atoms with Gasteiger partial charge in [0.2, 0.25) is 17.6 Å². The zero-order valence-corrected chi connectivity index (χ0v) is 28.8. The summed E-state index contributed by atoms with van der Waals surface area (Å²) in [6.07, 6.45) is 2.66. The number of nitrogens with zero attached hydrogens (tertiary/aromatic N) is 3. The summed E-state index contributed by atoms with van der Waals surface area (Å²) in [5.74, 6) is -0.274. The Bertz CT molecular complexity index is 1760. The third-order valence-corrected chi connectivity index (χ3v) is 8.64. The van der Waals surface area contributed by atoms with Gasteiger partial charge >= 0.3 is 6.09 Å². The van der Waals surface area contributed by atoms with Crippen LogP contribution >= 0.6 is 0 Å². The molecule has 50 heavy (non-hydrogen) atoms. The van der Waals surface area contributed by atoms with Crippen molar-refractivity contribution < 1.29 is 23.9 Å². The van der Waals surface area contributed by atoms with Crippen molar-refractivity contribution in [3.05, 3.63) is 83.9 Å². The molecule has 4 aromatic rings. The van der Waals surface area contributed by atoms with E-state index >= 15 is 0 Å². The van der Waals surface area contributed by atoms with E-state index in [9.17, 15) is 19.2 Å². The molecule has 1 aliphatic rings. The van der Waals surface area contributed by atoms with Crippen LogP contribution in [0.1, 0.15) is 62.4 Å². The maximum Gasteiger partial charge on any atom is 0.407 e. The van der Waals surface area contributed by atoms with Crippen molar-refractivity contribution in [2.24, 2.45) is 11.8 Å². The maximum atomic E-state index is 13.7. The molecule has 0 spiro atoms. The highest BCUT2D eigenvalue weighted by Crippen LogP contribution is 2.29. The van der Waals surface area contributed by atoms with Gasteiger partial charge in [0.15, 0.2) is 0 Å². The number of H-pyrrole nitrogens is 1. The first kappa shape index (κ1) is 35.7. The molecule has 13 heteroatoms. The number of carbonyl (C=O) groups is 4. The van der Waals surface area contributed by atoms with Gasteiger partial charge in [-0.15, -0.1) is 10.2 Å². The van der Waals surface area contributed by atoms with Crippen LogP contribution in [-0.4, -0.2) is 69.7 Å². The molecule has 0 aliphatic heterocycles. The standard InChI is InChI=1S/C37H44N8O5/c1-37(2,3)50-36(49)39-22-24-11-15-27(16-12-24)33(46)41-31(35(48)40-28-19-17-26(18-20-28)32-42-44-45-43-32)21-23-9-13-25(14-10-23)29-7-5-6-8-30(29)34(47)38-4/h5-10,13-14,17-20,24,27,31H,11-12,15-16,21-22H2,1-4H3,(H,38,47)(H,39,49)(H,40,48)(H,41,46)(H,42,43,44,45)/t24-,27-,31-/m0/s1. The number of alkyl carbamates (subject to hydrolysis) is 1. The van der Waals surface area contributed by atoms with Crippen LogP contribution in [0.25, 0.3) is 22.5 Å². The molecular formula is C37H44N8O5. The van der Waals surface area contributed by atoms with Crippen molar-refractivity contribution in [1.29, 1.82) is 0 Å². The van der Waals surface area contributed by atoms with Gasteiger partial charge in [-0.2, -0.15) is 5.21 Å². The van der Waals surface area contributed by atoms with E-state index in [0.717, 1.165) is 35.1 Å². The summed E-state index contributed by atoms with van der Waals surface area (Å²) in [6, 6.07) is 21.2. The van der Waals surface area contributed by atoms with Gasteiger partial charge in [0.25, 0.3) is 5.91 Å². The van der Waals surface area contributed by atoms with Gasteiger partial charge in [0.1, 0.15) is 11.6 Å². The molecule has 4 amide bonds. The number of aromatic amines is 1. The lowest BCUT2D eigenvalue weighted by molar-refractivity contribution is -0.130. The predicted octanol–water partition coefficient (Wildman–Crippen LogP) is 4.89. The largest absolute Gasteiger partial charge is 0.444 e. The Kier molecular flexibility index (Phi) is 11.6. The summed E-state index contributed by atoms with van der Waals surface area (Å²) in [7, 11) is 1.60. The highest BCUT2D eigenvalue weighted by atomic mass is 16.6. The number of nitrogens with one attached hydrogen (secondary N) is 5. The molecule has 0 radical (unpaired) electrons. The minimum absolute atomic E-state index is 0.174. The van der Waals surface area contributed by atoms with E-state index in [4.69, 9.17) is 4.74 Å². The van der Waals surface area contributed by atoms with E-state index in [1.54, 1.807) is 37.4 Å². The van der Waals surface area contributed by atoms with Gasteiger partial charge in [0.05, 0.1) is 0 Å². The smallest absolute Gasteiger partial charge is 0.407 e. The van der Waals surface area contributed by atoms with Crippen LogP contribution in [0.5, 0.6) is 0 Å². The first-order valence-electron chi connectivity index (χ1n) is 16.8. The highest BCUT2D eigenvalue weighted by molar-refractivity contribution is 6.01. The summed E-state index contributed by atoms with van der Waals surface area (Å²) in [5.41, 5.74) is 3.78. The molecule has 0 unspecified atom stereocenters. The Hall–Kier alpha value is -5.59. The lowest BCUT2D eigenvalue weighted by Crippen LogP contribution is -2.48. The van der Waals surface area contributed by atoms with E-state index in [2.05, 4.69) is 41.9 Å². The normalized spacial score (nSPS) is 16.5. The van der Waals surface area contributed by atoms with Crippen LogP contribution in [0, 0.1) is 11.8 Å². The number of rotatable bonds is 11. The fourth-order valence-corrected chi connectivity index (χ4v) is 6.01. The number of amides is 4. The fraction of sp³-hybridized carbons (Fsp3) is 0.378. The predicted molar refractivity (Wildman–Crippen MR) is 189 cm³/mol. The van der Waals surface area contributed by atoms with Crippen LogP contribution < -0.4 is 21.3 Å². The third kappa shape index (κ3) is 9.74. The second kappa shape index (κ2) is 16.2. The summed E-state index contributed by atoms with van der Waals surface area (Å²) < 4.78 is 5.34. The fourth-order valence-electron chi connectivity index (χ4n) is 6.01. The van der Waals surface area contributed by atoms with Gasteiger partial charge in [-0.05, 0) is 105 Å². The summed E-state index contributed by atoms with van der Waals surface area (Å²) >= 11 is 0. The van der Waals surface area contributed by atoms with Crippen molar-refractivity contribution in [3.63, 3.8) is 0 Å². The molecule has 1 atom stereocenters. The Morgan fingerprint density at radius 1 is 0.900 bits per heavy atom. The molecule has 1 fully saturated rings. The van der Waals surface area contributed by atoms with Crippen LogP contribution in [0.2, 0.25) is 0 Å². The number of hydrogen-bond donors (Lipinski definition) is 5. The molecule has 0 bridgehead atoms. The first-order valence-corrected chi connectivity index (χ1v) is 16.8. The molecule has 5 N–H and O–H groups in total. The van der Waals surface area contributed by atoms with Crippen LogP contribution in [0.3, 0.4) is 0 Å². The summed E-state index contributed by atoms with van der Waals surface area (Å²) in [6.45, 7) is 5.95. The minimum atomic E-state index is -0.852. The van der Waals surface area contributed by atoms with E-state index in [1.807, 2.05) is 63.2 Å². The molecule has 0 saturated heterocycles. The van der Waals surface area contributed by atoms with Crippen LogP contribution in [0.15, 0.2) is 72.8 Å². The quantitative estimate of drug-likeness (QED) is 0.149. The number of ether oxygens (including phenoxy) is 1. The number of carbonyl (C=O) groups excluding carboxylic acids is 4. The van der Waals surface area contributed by atoms with Crippen molar-refractivity contribution >= 4 is 29.5 Å². The van der Waals surface area contributed by atoms with Crippen molar-refractivity contribution in [3.8, 4) is 22.5 Å². The SMILES string of the molecule is CNC(=O)c1ccccc1-c1ccc(C[C@H](NC(=O)[C@H]2CC[C@H](CNC(=O)OC(C)(C)C)CC2)C(=O)Nc2ccc(-c3nn[nH]n3)cc2)cc1. The molecular weight excluding hydrogens is 636 g/mol. The van der Waals surface area contributed by atoms with Crippen molar-refractivity contribution in [2.45, 2.75) is 64.5 Å². The second-order valence-electron chi connectivity index (χ2n) is 13.5. The van der Waals surface area contributed by atoms with Crippen LogP contribution in [0.4, 0.5) is 10.5 Å². The molecule has 5 rings (SSSR count). The monoisotopic (exact) mass is 680 g/mol. The molecule has 3 aromatic carbocycles. The Morgan fingerprint density at radius 3 is 2.22 bits per heavy atom. The Labute approximate surface area is 291 Å². The zero-order valence-electron chi connectivity index (χ0n) is 28.8. The number of anilines is 1. The molecule has 1 saturated carbocycles. The van der Waals surface area contributed by atoms with Crippen LogP contribution in [-0.2, 0) is 20.7 Å². The molecule has 13 nitrogen and oxygen atoms in total. The molecule has 262 valence electrons. The number of tetrazole rings is 1. The molecule has 1 aliphatic carbocycles. The number of benzene rings is 3. The third-order valence-electron chi connectivity index (χ3n) is 8.64. The van der Waals surface area contributed by atoms with Crippen molar-refractivity contribution in [2.75, 3.05) is 18.9 Å². The molecule has 1 aromatic heterocycles. The average Bonchev–Trinajstić information content (AvgIpc) is 3.65. The van der Waals surface area contributed by atoms with E-state index < -0.39 is 17.7 Å². The van der Waals surface area contributed by atoms with Gasteiger partial charge in [-0.1, -0.05) is 42.5 Å². The maximum absolute atomic E-state index is 13.7. The average molecular weight is 681 g/mol. The molecule has 1 heterocycles. The van der Waals surface area contributed by atoms with E-state index in [1.165, 1.54) is 0 Å². The number of hydrogen-bond acceptors (Lipinski definition) is 8. The second-order valence-corrected chi connectivity index (χ2v) is 13.5. The topological polar surface area (TPSA) is 180 Å². The van der Waals surface area contributed by atoms with Gasteiger partial charge in [0, 0.05) is 42.7 Å². The lowest BCUT2D eigenvalue weighted by atomic mass is 9.81. The zero-order chi connectivity index (χ0) is 35.7. The first-order chi connectivity index (χ1) is 24.0. The number of aromatic nitrogens is 4. The van der Waals surface area contributed by atoms with Gasteiger partial charge in [-0.25, -0.2) is 4.79 Å². The highest BCUT2D eigenvalue weighted by Gasteiger charge is 2.30. The van der Waals surface area contributed by atoms with Gasteiger partial charge < -0.3 is 26.0 Å². The minimum Gasteiger partial charge on any atom is -0.444 e. The van der Waals surface area contributed by atoms with Crippen molar-refractivity contribution in [1.82, 2.24) is 36.6 Å². The lowest BCUT2D eigenvalue weighted by Gasteiger charge is -2.29. The summed E-state index contributed by atoms with van der Waals surface area (Å²) in [4.78, 5) is 51.9. The Balaban J connectivity index is 1.26. The summed E-state index contributed by atoms with van der Waals surface area (Å²) in [5, 5.41) is 25.5. The van der Waals surface area contributed by atoms with E-state index in [0.29, 0.717) is 36.5 Å². The van der Waals surface area contributed by atoms with Gasteiger partial charge in [-0.3, -0.25) is 14.4 Å². The van der Waals surface area contributed by atoms with E-state index in [-0.39, 0.29) is 36.0 Å². The Morgan fingerprint density at radius 2 is 1.58 bits per heavy atom.